The van der Waals surface area contributed by atoms with Crippen molar-refractivity contribution in [3.63, 3.8) is 0 Å². The molecule has 2 nitrogen and oxygen atoms in total. The first kappa shape index (κ1) is 14.2. The fourth-order valence-corrected chi connectivity index (χ4v) is 2.98. The normalized spacial score (nSPS) is 21.4. The Bertz CT molecular complexity index is 466. The molecule has 2 atom stereocenters. The first-order valence-electron chi connectivity index (χ1n) is 5.83. The number of amides is 1. The minimum absolute atomic E-state index is 0.0383. The van der Waals surface area contributed by atoms with Gasteiger partial charge in [-0.05, 0) is 30.5 Å². The fourth-order valence-electron chi connectivity index (χ4n) is 2.24. The maximum atomic E-state index is 12.0. The van der Waals surface area contributed by atoms with E-state index in [-0.39, 0.29) is 11.9 Å². The quantitative estimate of drug-likeness (QED) is 0.744. The average molecular weight is 351 g/mol. The van der Waals surface area contributed by atoms with Gasteiger partial charge in [-0.3, -0.25) is 4.79 Å². The molecule has 0 saturated carbocycles. The summed E-state index contributed by atoms with van der Waals surface area (Å²) in [6.07, 6.45) is 0.622. The summed E-state index contributed by atoms with van der Waals surface area (Å²) >= 11 is 15.4. The Hall–Kier alpha value is -0.250. The third-order valence-electron chi connectivity index (χ3n) is 3.35. The molecule has 2 unspecified atom stereocenters. The molecule has 98 valence electrons. The molecule has 2 rings (SSSR count). The molecule has 1 aliphatic heterocycles. The van der Waals surface area contributed by atoms with Crippen molar-refractivity contribution >= 4 is 45.0 Å². The van der Waals surface area contributed by atoms with Gasteiger partial charge in [0.25, 0.3) is 0 Å². The summed E-state index contributed by atoms with van der Waals surface area (Å²) in [6, 6.07) is 5.58. The van der Waals surface area contributed by atoms with Gasteiger partial charge in [0.2, 0.25) is 5.91 Å². The van der Waals surface area contributed by atoms with E-state index < -0.39 is 0 Å². The van der Waals surface area contributed by atoms with Crippen molar-refractivity contribution in [2.24, 2.45) is 5.92 Å². The lowest BCUT2D eigenvalue weighted by atomic mass is 10.1. The summed E-state index contributed by atoms with van der Waals surface area (Å²) in [5.74, 6) is 0.612. The van der Waals surface area contributed by atoms with Crippen LogP contribution in [0.25, 0.3) is 0 Å². The van der Waals surface area contributed by atoms with E-state index in [9.17, 15) is 4.79 Å². The lowest BCUT2D eigenvalue weighted by molar-refractivity contribution is -0.129. The van der Waals surface area contributed by atoms with E-state index in [2.05, 4.69) is 15.9 Å². The summed E-state index contributed by atoms with van der Waals surface area (Å²) < 4.78 is 0. The molecule has 0 aromatic heterocycles. The van der Waals surface area contributed by atoms with E-state index in [1.54, 1.807) is 6.07 Å². The minimum atomic E-state index is 0.0383. The molecule has 18 heavy (non-hydrogen) atoms. The van der Waals surface area contributed by atoms with Crippen molar-refractivity contribution in [3.8, 4) is 0 Å². The van der Waals surface area contributed by atoms with Crippen LogP contribution in [0.4, 0.5) is 0 Å². The first-order chi connectivity index (χ1) is 8.52. The van der Waals surface area contributed by atoms with Gasteiger partial charge in [0, 0.05) is 18.3 Å². The summed E-state index contributed by atoms with van der Waals surface area (Å²) in [6.45, 7) is 2.82. The Morgan fingerprint density at radius 3 is 2.72 bits per heavy atom. The number of carbonyl (C=O) groups is 1. The molecular formula is C13H14BrCl2NO. The molecule has 1 aliphatic rings. The highest BCUT2D eigenvalue weighted by molar-refractivity contribution is 9.09. The van der Waals surface area contributed by atoms with Gasteiger partial charge in [0.15, 0.2) is 0 Å². The lowest BCUT2D eigenvalue weighted by Gasteiger charge is -2.25. The van der Waals surface area contributed by atoms with Gasteiger partial charge in [-0.25, -0.2) is 0 Å². The topological polar surface area (TPSA) is 20.3 Å². The summed E-state index contributed by atoms with van der Waals surface area (Å²) in [5, 5.41) is 1.94. The molecule has 5 heteroatoms. The second-order valence-electron chi connectivity index (χ2n) is 4.62. The Kier molecular flexibility index (Phi) is 4.57. The number of benzene rings is 1. The van der Waals surface area contributed by atoms with Crippen LogP contribution in [0.5, 0.6) is 0 Å². The molecule has 1 aromatic carbocycles. The van der Waals surface area contributed by atoms with E-state index in [0.29, 0.717) is 22.4 Å². The zero-order chi connectivity index (χ0) is 13.3. The van der Waals surface area contributed by atoms with Gasteiger partial charge in [-0.2, -0.15) is 0 Å². The van der Waals surface area contributed by atoms with Crippen molar-refractivity contribution in [3.05, 3.63) is 33.8 Å². The molecule has 1 saturated heterocycles. The van der Waals surface area contributed by atoms with Crippen molar-refractivity contribution in [2.45, 2.75) is 19.4 Å². The number of alkyl halides is 1. The van der Waals surface area contributed by atoms with E-state index in [1.807, 2.05) is 24.0 Å². The Morgan fingerprint density at radius 1 is 1.44 bits per heavy atom. The van der Waals surface area contributed by atoms with Crippen LogP contribution < -0.4 is 0 Å². The highest BCUT2D eigenvalue weighted by atomic mass is 79.9. The predicted octanol–water partition coefficient (Wildman–Crippen LogP) is 4.30. The smallest absolute Gasteiger partial charge is 0.223 e. The molecule has 1 amide bonds. The molecule has 1 aromatic rings. The van der Waals surface area contributed by atoms with Crippen molar-refractivity contribution in [1.82, 2.24) is 4.90 Å². The number of carbonyl (C=O) groups excluding carboxylic acids is 1. The van der Waals surface area contributed by atoms with Gasteiger partial charge < -0.3 is 4.90 Å². The predicted molar refractivity (Wildman–Crippen MR) is 78.5 cm³/mol. The summed E-state index contributed by atoms with van der Waals surface area (Å²) in [4.78, 5) is 13.9. The zero-order valence-corrected chi connectivity index (χ0v) is 13.1. The van der Waals surface area contributed by atoms with Gasteiger partial charge in [0.05, 0.1) is 16.1 Å². The van der Waals surface area contributed by atoms with Crippen molar-refractivity contribution < 1.29 is 4.79 Å². The monoisotopic (exact) mass is 349 g/mol. The third-order valence-corrected chi connectivity index (χ3v) is 5.01. The molecule has 0 N–H and O–H groups in total. The standard InChI is InChI=1S/C13H14BrCl2NO/c1-8(10-2-3-11(15)12(16)5-10)17-7-9(6-14)4-13(17)18/h2-3,5,8-9H,4,6-7H2,1H3. The Morgan fingerprint density at radius 2 is 2.17 bits per heavy atom. The van der Waals surface area contributed by atoms with E-state index >= 15 is 0 Å². The molecule has 1 fully saturated rings. The third kappa shape index (κ3) is 2.84. The van der Waals surface area contributed by atoms with Crippen LogP contribution in [0.15, 0.2) is 18.2 Å². The van der Waals surface area contributed by atoms with E-state index in [4.69, 9.17) is 23.2 Å². The first-order valence-corrected chi connectivity index (χ1v) is 7.71. The number of halogens is 3. The molecular weight excluding hydrogens is 337 g/mol. The summed E-state index contributed by atoms with van der Waals surface area (Å²) in [5.41, 5.74) is 1.02. The molecule has 0 spiro atoms. The van der Waals surface area contributed by atoms with Crippen LogP contribution in [-0.2, 0) is 4.79 Å². The maximum absolute atomic E-state index is 12.0. The van der Waals surface area contributed by atoms with Crippen LogP contribution in [0.3, 0.4) is 0 Å². The second-order valence-corrected chi connectivity index (χ2v) is 6.08. The largest absolute Gasteiger partial charge is 0.336 e. The number of nitrogens with zero attached hydrogens (tertiary/aromatic N) is 1. The molecule has 0 aliphatic carbocycles. The SMILES string of the molecule is CC(c1ccc(Cl)c(Cl)c1)N1CC(CBr)CC1=O. The number of rotatable bonds is 3. The Labute approximate surface area is 125 Å². The van der Waals surface area contributed by atoms with Gasteiger partial charge in [-0.15, -0.1) is 0 Å². The molecule has 1 heterocycles. The molecule has 0 bridgehead atoms. The number of hydrogen-bond donors (Lipinski definition) is 0. The van der Waals surface area contributed by atoms with Crippen molar-refractivity contribution in [1.29, 1.82) is 0 Å². The van der Waals surface area contributed by atoms with Gasteiger partial charge in [0.1, 0.15) is 0 Å². The summed E-state index contributed by atoms with van der Waals surface area (Å²) in [7, 11) is 0. The van der Waals surface area contributed by atoms with Crippen LogP contribution in [0.1, 0.15) is 24.9 Å². The average Bonchev–Trinajstić information content (AvgIpc) is 2.73. The number of hydrogen-bond acceptors (Lipinski definition) is 1. The highest BCUT2D eigenvalue weighted by Gasteiger charge is 2.32. The minimum Gasteiger partial charge on any atom is -0.336 e. The van der Waals surface area contributed by atoms with Gasteiger partial charge >= 0.3 is 0 Å². The zero-order valence-electron chi connectivity index (χ0n) is 10.00. The van der Waals surface area contributed by atoms with Crippen LogP contribution in [0.2, 0.25) is 10.0 Å². The second kappa shape index (κ2) is 5.81. The number of likely N-dealkylation sites (tertiary alicyclic amines) is 1. The lowest BCUT2D eigenvalue weighted by Crippen LogP contribution is -2.28. The Balaban J connectivity index is 2.18. The van der Waals surface area contributed by atoms with Crippen LogP contribution in [-0.4, -0.2) is 22.7 Å². The fraction of sp³-hybridized carbons (Fsp3) is 0.462. The van der Waals surface area contributed by atoms with Crippen molar-refractivity contribution in [2.75, 3.05) is 11.9 Å². The van der Waals surface area contributed by atoms with Crippen LogP contribution in [0, 0.1) is 5.92 Å². The highest BCUT2D eigenvalue weighted by Crippen LogP contribution is 2.32. The maximum Gasteiger partial charge on any atom is 0.223 e. The molecule has 0 radical (unpaired) electrons. The van der Waals surface area contributed by atoms with Gasteiger partial charge in [-0.1, -0.05) is 45.2 Å². The van der Waals surface area contributed by atoms with E-state index in [1.165, 1.54) is 0 Å². The van der Waals surface area contributed by atoms with E-state index in [0.717, 1.165) is 17.4 Å². The van der Waals surface area contributed by atoms with Crippen LogP contribution >= 0.6 is 39.1 Å².